The van der Waals surface area contributed by atoms with Gasteiger partial charge in [0.1, 0.15) is 0 Å². The Morgan fingerprint density at radius 1 is 1.25 bits per heavy atom. The standard InChI is InChI=1S/C12H23NO2S/c1-12(2,3)13(11(14)15)9-5-7-10(16-4)8-6-9/h9-10H,5-8H2,1-4H3,(H,14,15). The molecule has 16 heavy (non-hydrogen) atoms. The topological polar surface area (TPSA) is 40.5 Å². The largest absolute Gasteiger partial charge is 0.465 e. The van der Waals surface area contributed by atoms with Crippen LogP contribution in [0.5, 0.6) is 0 Å². The first-order valence-corrected chi connectivity index (χ1v) is 7.20. The van der Waals surface area contributed by atoms with E-state index in [9.17, 15) is 9.90 Å². The number of amides is 1. The minimum Gasteiger partial charge on any atom is -0.465 e. The molecule has 1 rings (SSSR count). The van der Waals surface area contributed by atoms with Gasteiger partial charge in [0.05, 0.1) is 0 Å². The van der Waals surface area contributed by atoms with Crippen LogP contribution in [0, 0.1) is 0 Å². The van der Waals surface area contributed by atoms with E-state index >= 15 is 0 Å². The van der Waals surface area contributed by atoms with Gasteiger partial charge in [0, 0.05) is 16.8 Å². The molecule has 0 aliphatic heterocycles. The van der Waals surface area contributed by atoms with Crippen molar-refractivity contribution >= 4 is 17.9 Å². The Balaban J connectivity index is 2.65. The molecule has 1 saturated carbocycles. The van der Waals surface area contributed by atoms with Crippen molar-refractivity contribution in [1.29, 1.82) is 0 Å². The molecule has 1 aliphatic carbocycles. The Morgan fingerprint density at radius 3 is 2.06 bits per heavy atom. The molecular weight excluding hydrogens is 222 g/mol. The lowest BCUT2D eigenvalue weighted by atomic mass is 9.91. The highest BCUT2D eigenvalue weighted by molar-refractivity contribution is 7.99. The molecule has 4 heteroatoms. The summed E-state index contributed by atoms with van der Waals surface area (Å²) >= 11 is 1.91. The highest BCUT2D eigenvalue weighted by Gasteiger charge is 2.35. The van der Waals surface area contributed by atoms with Gasteiger partial charge in [-0.05, 0) is 52.7 Å². The number of hydrogen-bond acceptors (Lipinski definition) is 2. The molecule has 1 N–H and O–H groups in total. The first kappa shape index (κ1) is 13.7. The zero-order chi connectivity index (χ0) is 12.3. The third-order valence-electron chi connectivity index (χ3n) is 3.27. The molecule has 3 nitrogen and oxygen atoms in total. The molecule has 0 saturated heterocycles. The van der Waals surface area contributed by atoms with E-state index in [0.717, 1.165) is 30.9 Å². The van der Waals surface area contributed by atoms with Gasteiger partial charge in [-0.25, -0.2) is 4.79 Å². The second-order valence-corrected chi connectivity index (χ2v) is 6.63. The monoisotopic (exact) mass is 245 g/mol. The fourth-order valence-corrected chi connectivity index (χ4v) is 3.27. The van der Waals surface area contributed by atoms with Crippen molar-refractivity contribution in [1.82, 2.24) is 4.90 Å². The Kier molecular flexibility index (Phi) is 4.53. The van der Waals surface area contributed by atoms with E-state index in [1.165, 1.54) is 0 Å². The van der Waals surface area contributed by atoms with E-state index in [2.05, 4.69) is 6.26 Å². The summed E-state index contributed by atoms with van der Waals surface area (Å²) in [7, 11) is 0. The van der Waals surface area contributed by atoms with Crippen LogP contribution >= 0.6 is 11.8 Å². The van der Waals surface area contributed by atoms with Crippen molar-refractivity contribution in [2.24, 2.45) is 0 Å². The van der Waals surface area contributed by atoms with Crippen LogP contribution in [0.3, 0.4) is 0 Å². The molecule has 0 spiro atoms. The number of thioether (sulfide) groups is 1. The summed E-state index contributed by atoms with van der Waals surface area (Å²) in [5, 5.41) is 10.0. The smallest absolute Gasteiger partial charge is 0.407 e. The molecule has 1 amide bonds. The molecule has 0 aromatic carbocycles. The maximum atomic E-state index is 11.3. The van der Waals surface area contributed by atoms with Crippen molar-refractivity contribution in [3.63, 3.8) is 0 Å². The summed E-state index contributed by atoms with van der Waals surface area (Å²) in [5.74, 6) is 0. The van der Waals surface area contributed by atoms with Gasteiger partial charge in [-0.1, -0.05) is 0 Å². The average Bonchev–Trinajstić information content (AvgIpc) is 2.16. The van der Waals surface area contributed by atoms with Crippen LogP contribution in [0.15, 0.2) is 0 Å². The van der Waals surface area contributed by atoms with Gasteiger partial charge < -0.3 is 10.0 Å². The van der Waals surface area contributed by atoms with Crippen molar-refractivity contribution < 1.29 is 9.90 Å². The SMILES string of the molecule is CSC1CCC(N(C(=O)O)C(C)(C)C)CC1. The summed E-state index contributed by atoms with van der Waals surface area (Å²) in [6, 6.07) is 0.209. The van der Waals surface area contributed by atoms with E-state index in [1.54, 1.807) is 4.90 Å². The van der Waals surface area contributed by atoms with Crippen molar-refractivity contribution in [3.05, 3.63) is 0 Å². The summed E-state index contributed by atoms with van der Waals surface area (Å²) in [6.07, 6.45) is 5.67. The normalized spacial score (nSPS) is 26.5. The fourth-order valence-electron chi connectivity index (χ4n) is 2.53. The second-order valence-electron chi connectivity index (χ2n) is 5.49. The zero-order valence-electron chi connectivity index (χ0n) is 10.7. The van der Waals surface area contributed by atoms with Crippen LogP contribution in [-0.4, -0.2) is 39.2 Å². The predicted octanol–water partition coefficient (Wildman–Crippen LogP) is 3.44. The van der Waals surface area contributed by atoms with Gasteiger partial charge in [-0.15, -0.1) is 0 Å². The molecule has 0 heterocycles. The van der Waals surface area contributed by atoms with Gasteiger partial charge in [-0.2, -0.15) is 11.8 Å². The first-order valence-electron chi connectivity index (χ1n) is 5.91. The predicted molar refractivity (Wildman–Crippen MR) is 69.2 cm³/mol. The minimum absolute atomic E-state index is 0.209. The van der Waals surface area contributed by atoms with Gasteiger partial charge in [0.2, 0.25) is 0 Å². The molecule has 0 aromatic heterocycles. The fraction of sp³-hybridized carbons (Fsp3) is 0.917. The molecule has 94 valence electrons. The lowest BCUT2D eigenvalue weighted by Crippen LogP contribution is -2.52. The van der Waals surface area contributed by atoms with Crippen LogP contribution in [0.4, 0.5) is 4.79 Å². The van der Waals surface area contributed by atoms with Gasteiger partial charge >= 0.3 is 6.09 Å². The summed E-state index contributed by atoms with van der Waals surface area (Å²) in [4.78, 5) is 13.0. The lowest BCUT2D eigenvalue weighted by Gasteiger charge is -2.42. The Morgan fingerprint density at radius 2 is 1.75 bits per heavy atom. The first-order chi connectivity index (χ1) is 7.36. The van der Waals surface area contributed by atoms with E-state index in [-0.39, 0.29) is 11.6 Å². The van der Waals surface area contributed by atoms with E-state index in [0.29, 0.717) is 0 Å². The molecule has 0 radical (unpaired) electrons. The third kappa shape index (κ3) is 3.30. The second kappa shape index (κ2) is 5.30. The van der Waals surface area contributed by atoms with E-state index < -0.39 is 6.09 Å². The van der Waals surface area contributed by atoms with Gasteiger partial charge in [0.15, 0.2) is 0 Å². The minimum atomic E-state index is -0.778. The van der Waals surface area contributed by atoms with Crippen molar-refractivity contribution in [2.45, 2.75) is 63.3 Å². The highest BCUT2D eigenvalue weighted by Crippen LogP contribution is 2.32. The molecule has 0 atom stereocenters. The van der Waals surface area contributed by atoms with Gasteiger partial charge in [0.25, 0.3) is 0 Å². The summed E-state index contributed by atoms with van der Waals surface area (Å²) in [6.45, 7) is 5.92. The molecule has 1 aliphatic rings. The maximum absolute atomic E-state index is 11.3. The number of carboxylic acid groups (broad SMARTS) is 1. The van der Waals surface area contributed by atoms with Crippen molar-refractivity contribution in [3.8, 4) is 0 Å². The van der Waals surface area contributed by atoms with Gasteiger partial charge in [-0.3, -0.25) is 0 Å². The molecule has 0 bridgehead atoms. The van der Waals surface area contributed by atoms with Crippen LogP contribution in [-0.2, 0) is 0 Å². The average molecular weight is 245 g/mol. The molecule has 1 fully saturated rings. The third-order valence-corrected chi connectivity index (χ3v) is 4.41. The highest BCUT2D eigenvalue weighted by atomic mass is 32.2. The number of carbonyl (C=O) groups is 1. The summed E-state index contributed by atoms with van der Waals surface area (Å²) in [5.41, 5.74) is -0.289. The number of hydrogen-bond donors (Lipinski definition) is 1. The molecule has 0 aromatic rings. The maximum Gasteiger partial charge on any atom is 0.407 e. The molecule has 0 unspecified atom stereocenters. The number of nitrogens with zero attached hydrogens (tertiary/aromatic N) is 1. The van der Waals surface area contributed by atoms with Crippen molar-refractivity contribution in [2.75, 3.05) is 6.26 Å². The molecular formula is C12H23NO2S. The Labute approximate surface area is 103 Å². The van der Waals surface area contributed by atoms with E-state index in [1.807, 2.05) is 32.5 Å². The van der Waals surface area contributed by atoms with Crippen LogP contribution in [0.2, 0.25) is 0 Å². The summed E-state index contributed by atoms with van der Waals surface area (Å²) < 4.78 is 0. The van der Waals surface area contributed by atoms with Crippen LogP contribution in [0.25, 0.3) is 0 Å². The zero-order valence-corrected chi connectivity index (χ0v) is 11.5. The Hall–Kier alpha value is -0.380. The van der Waals surface area contributed by atoms with Crippen LogP contribution < -0.4 is 0 Å². The quantitative estimate of drug-likeness (QED) is 0.810. The van der Waals surface area contributed by atoms with E-state index in [4.69, 9.17) is 0 Å². The lowest BCUT2D eigenvalue weighted by molar-refractivity contribution is 0.0575. The Bertz CT molecular complexity index is 242. The van der Waals surface area contributed by atoms with Crippen LogP contribution in [0.1, 0.15) is 46.5 Å². The number of rotatable bonds is 2.